The molecule has 1 aromatic carbocycles. The van der Waals surface area contributed by atoms with Crippen LogP contribution in [0.2, 0.25) is 0 Å². The summed E-state index contributed by atoms with van der Waals surface area (Å²) in [4.78, 5) is 6.33. The fourth-order valence-electron chi connectivity index (χ4n) is 2.13. The molecule has 98 valence electrons. The zero-order valence-electron chi connectivity index (χ0n) is 10.8. The van der Waals surface area contributed by atoms with E-state index in [9.17, 15) is 0 Å². The van der Waals surface area contributed by atoms with Gasteiger partial charge in [0.05, 0.1) is 12.8 Å². The van der Waals surface area contributed by atoms with Crippen molar-refractivity contribution in [1.29, 1.82) is 0 Å². The number of fused-ring (bicyclic) bond motifs is 1. The number of amidine groups is 1. The van der Waals surface area contributed by atoms with Gasteiger partial charge in [0.25, 0.3) is 0 Å². The average molecular weight is 257 g/mol. The molecule has 1 aliphatic rings. The molecule has 0 saturated heterocycles. The minimum atomic E-state index is 0.468. The Morgan fingerprint density at radius 1 is 1.37 bits per heavy atom. The first kappa shape index (κ1) is 11.6. The van der Waals surface area contributed by atoms with Crippen LogP contribution < -0.4 is 15.4 Å². The molecule has 3 N–H and O–H groups in total. The summed E-state index contributed by atoms with van der Waals surface area (Å²) in [5, 5.41) is 7.20. The molecule has 2 aromatic rings. The van der Waals surface area contributed by atoms with Crippen LogP contribution in [0.25, 0.3) is 0 Å². The van der Waals surface area contributed by atoms with E-state index in [0.717, 1.165) is 28.5 Å². The van der Waals surface area contributed by atoms with E-state index in [1.165, 1.54) is 0 Å². The molecule has 0 atom stereocenters. The quantitative estimate of drug-likeness (QED) is 0.855. The Kier molecular flexibility index (Phi) is 2.63. The molecule has 0 spiro atoms. The van der Waals surface area contributed by atoms with E-state index in [4.69, 9.17) is 10.5 Å². The molecule has 19 heavy (non-hydrogen) atoms. The molecule has 0 aliphatic carbocycles. The van der Waals surface area contributed by atoms with Crippen LogP contribution in [0.4, 0.5) is 11.5 Å². The topological polar surface area (TPSA) is 79.5 Å². The van der Waals surface area contributed by atoms with E-state index in [2.05, 4.69) is 15.2 Å². The van der Waals surface area contributed by atoms with E-state index in [1.807, 2.05) is 36.1 Å². The third-order valence-electron chi connectivity index (χ3n) is 3.12. The SMILES string of the molecule is COc1ccc2c(c1)C(N)=NCN2c1cc(C)[nH]n1. The summed E-state index contributed by atoms with van der Waals surface area (Å²) in [6.07, 6.45) is 0. The lowest BCUT2D eigenvalue weighted by Gasteiger charge is -2.27. The number of hydrogen-bond acceptors (Lipinski definition) is 5. The Hall–Kier alpha value is -2.50. The Labute approximate surface area is 110 Å². The normalized spacial score (nSPS) is 14.0. The predicted octanol–water partition coefficient (Wildman–Crippen LogP) is 1.54. The zero-order valence-corrected chi connectivity index (χ0v) is 10.8. The van der Waals surface area contributed by atoms with Gasteiger partial charge < -0.3 is 15.4 Å². The van der Waals surface area contributed by atoms with Crippen molar-refractivity contribution in [2.75, 3.05) is 18.7 Å². The van der Waals surface area contributed by atoms with E-state index in [-0.39, 0.29) is 0 Å². The van der Waals surface area contributed by atoms with Crippen molar-refractivity contribution in [1.82, 2.24) is 10.2 Å². The van der Waals surface area contributed by atoms with Gasteiger partial charge in [-0.2, -0.15) is 5.10 Å². The highest BCUT2D eigenvalue weighted by atomic mass is 16.5. The highest BCUT2D eigenvalue weighted by Crippen LogP contribution is 2.32. The average Bonchev–Trinajstić information content (AvgIpc) is 2.85. The van der Waals surface area contributed by atoms with Crippen LogP contribution in [0, 0.1) is 6.92 Å². The van der Waals surface area contributed by atoms with Gasteiger partial charge in [-0.1, -0.05) is 0 Å². The number of nitrogens with zero attached hydrogens (tertiary/aromatic N) is 3. The summed E-state index contributed by atoms with van der Waals surface area (Å²) in [5.74, 6) is 2.12. The van der Waals surface area contributed by atoms with Gasteiger partial charge >= 0.3 is 0 Å². The molecule has 0 fully saturated rings. The summed E-state index contributed by atoms with van der Waals surface area (Å²) in [6.45, 7) is 2.43. The minimum absolute atomic E-state index is 0.468. The van der Waals surface area contributed by atoms with Crippen LogP contribution in [0.1, 0.15) is 11.3 Å². The fraction of sp³-hybridized carbons (Fsp3) is 0.231. The molecule has 3 rings (SSSR count). The molecule has 1 aliphatic heterocycles. The molecule has 0 saturated carbocycles. The van der Waals surface area contributed by atoms with Crippen molar-refractivity contribution in [3.63, 3.8) is 0 Å². The Morgan fingerprint density at radius 2 is 2.21 bits per heavy atom. The van der Waals surface area contributed by atoms with E-state index < -0.39 is 0 Å². The number of aryl methyl sites for hydroxylation is 1. The monoisotopic (exact) mass is 257 g/mol. The maximum Gasteiger partial charge on any atom is 0.156 e. The van der Waals surface area contributed by atoms with Crippen molar-refractivity contribution in [3.8, 4) is 5.75 Å². The second kappa shape index (κ2) is 4.31. The fourth-order valence-corrected chi connectivity index (χ4v) is 2.13. The van der Waals surface area contributed by atoms with E-state index >= 15 is 0 Å². The van der Waals surface area contributed by atoms with Crippen LogP contribution in [-0.2, 0) is 0 Å². The van der Waals surface area contributed by atoms with Gasteiger partial charge in [-0.25, -0.2) is 4.99 Å². The molecule has 0 radical (unpaired) electrons. The lowest BCUT2D eigenvalue weighted by molar-refractivity contribution is 0.414. The zero-order chi connectivity index (χ0) is 13.4. The number of aliphatic imine (C=N–C) groups is 1. The minimum Gasteiger partial charge on any atom is -0.497 e. The van der Waals surface area contributed by atoms with Gasteiger partial charge in [-0.3, -0.25) is 5.10 Å². The van der Waals surface area contributed by atoms with E-state index in [1.54, 1.807) is 7.11 Å². The first-order valence-electron chi connectivity index (χ1n) is 5.97. The number of anilines is 2. The number of H-pyrrole nitrogens is 1. The summed E-state index contributed by atoms with van der Waals surface area (Å²) in [6, 6.07) is 7.74. The van der Waals surface area contributed by atoms with Crippen LogP contribution in [-0.4, -0.2) is 29.8 Å². The molecule has 0 amide bonds. The third-order valence-corrected chi connectivity index (χ3v) is 3.12. The molecule has 1 aromatic heterocycles. The molecule has 0 bridgehead atoms. The van der Waals surface area contributed by atoms with Crippen LogP contribution in [0.3, 0.4) is 0 Å². The number of rotatable bonds is 2. The van der Waals surface area contributed by atoms with Gasteiger partial charge in [0.15, 0.2) is 5.82 Å². The van der Waals surface area contributed by atoms with Crippen molar-refractivity contribution >= 4 is 17.3 Å². The lowest BCUT2D eigenvalue weighted by atomic mass is 10.1. The number of aromatic nitrogens is 2. The number of benzene rings is 1. The molecule has 6 heteroatoms. The Morgan fingerprint density at radius 3 is 2.89 bits per heavy atom. The van der Waals surface area contributed by atoms with Crippen molar-refractivity contribution in [2.45, 2.75) is 6.92 Å². The summed E-state index contributed by atoms with van der Waals surface area (Å²) < 4.78 is 5.22. The number of nitrogens with one attached hydrogen (secondary N) is 1. The van der Waals surface area contributed by atoms with Crippen LogP contribution >= 0.6 is 0 Å². The number of hydrogen-bond donors (Lipinski definition) is 2. The number of methoxy groups -OCH3 is 1. The van der Waals surface area contributed by atoms with Gasteiger partial charge in [0, 0.05) is 17.3 Å². The molecule has 6 nitrogen and oxygen atoms in total. The molecule has 2 heterocycles. The van der Waals surface area contributed by atoms with Gasteiger partial charge in [0.1, 0.15) is 18.3 Å². The highest BCUT2D eigenvalue weighted by Gasteiger charge is 2.21. The highest BCUT2D eigenvalue weighted by molar-refractivity contribution is 6.05. The second-order valence-electron chi connectivity index (χ2n) is 4.41. The maximum atomic E-state index is 5.96. The summed E-state index contributed by atoms with van der Waals surface area (Å²) >= 11 is 0. The number of nitrogens with two attached hydrogens (primary N) is 1. The second-order valence-corrected chi connectivity index (χ2v) is 4.41. The standard InChI is InChI=1S/C13H15N5O/c1-8-5-12(17-16-8)18-7-15-13(14)10-6-9(19-2)3-4-11(10)18/h3-6H,7H2,1-2H3,(H2,14,15)(H,16,17). The Bertz CT molecular complexity index is 646. The summed E-state index contributed by atoms with van der Waals surface area (Å²) in [5.41, 5.74) is 8.81. The van der Waals surface area contributed by atoms with Crippen LogP contribution in [0.15, 0.2) is 29.3 Å². The van der Waals surface area contributed by atoms with E-state index in [0.29, 0.717) is 12.5 Å². The van der Waals surface area contributed by atoms with Crippen molar-refractivity contribution < 1.29 is 4.74 Å². The number of ether oxygens (including phenoxy) is 1. The van der Waals surface area contributed by atoms with Crippen molar-refractivity contribution in [2.24, 2.45) is 10.7 Å². The predicted molar refractivity (Wildman–Crippen MR) is 74.0 cm³/mol. The first-order valence-corrected chi connectivity index (χ1v) is 5.97. The van der Waals surface area contributed by atoms with Gasteiger partial charge in [-0.05, 0) is 25.1 Å². The van der Waals surface area contributed by atoms with Crippen molar-refractivity contribution in [3.05, 3.63) is 35.5 Å². The first-order chi connectivity index (χ1) is 9.19. The van der Waals surface area contributed by atoms with Gasteiger partial charge in [0.2, 0.25) is 0 Å². The molecule has 0 unspecified atom stereocenters. The van der Waals surface area contributed by atoms with Gasteiger partial charge in [-0.15, -0.1) is 0 Å². The lowest BCUT2D eigenvalue weighted by Crippen LogP contribution is -2.29. The smallest absolute Gasteiger partial charge is 0.156 e. The number of aromatic amines is 1. The van der Waals surface area contributed by atoms with Crippen LogP contribution in [0.5, 0.6) is 5.75 Å². The Balaban J connectivity index is 2.09. The third kappa shape index (κ3) is 1.91. The largest absolute Gasteiger partial charge is 0.497 e. The molecular weight excluding hydrogens is 242 g/mol. The summed E-state index contributed by atoms with van der Waals surface area (Å²) in [7, 11) is 1.63. The molecular formula is C13H15N5O. The maximum absolute atomic E-state index is 5.96.